The van der Waals surface area contributed by atoms with Crippen molar-refractivity contribution in [3.05, 3.63) is 63.7 Å². The zero-order valence-electron chi connectivity index (χ0n) is 12.2. The average molecular weight is 291 g/mol. The molecule has 3 heteroatoms. The van der Waals surface area contributed by atoms with Crippen molar-refractivity contribution in [1.29, 1.82) is 0 Å². The standard InChI is InChI=1S/C17H19ClO2/c1-11-9-16(20-4)12(2)8-15(11)17(3,19)13-6-5-7-14(18)10-13/h5-10,19H,1-4H3. The molecule has 0 saturated heterocycles. The third kappa shape index (κ3) is 2.67. The molecule has 106 valence electrons. The van der Waals surface area contributed by atoms with E-state index in [1.807, 2.05) is 38.1 Å². The van der Waals surface area contributed by atoms with Gasteiger partial charge in [-0.05, 0) is 67.3 Å². The van der Waals surface area contributed by atoms with Gasteiger partial charge in [-0.2, -0.15) is 0 Å². The lowest BCUT2D eigenvalue weighted by Crippen LogP contribution is -2.24. The van der Waals surface area contributed by atoms with E-state index < -0.39 is 5.60 Å². The largest absolute Gasteiger partial charge is 0.496 e. The molecule has 1 unspecified atom stereocenters. The van der Waals surface area contributed by atoms with E-state index in [1.165, 1.54) is 0 Å². The van der Waals surface area contributed by atoms with Crippen LogP contribution in [0.25, 0.3) is 0 Å². The molecule has 2 nitrogen and oxygen atoms in total. The molecule has 0 spiro atoms. The highest BCUT2D eigenvalue weighted by molar-refractivity contribution is 6.30. The molecule has 0 saturated carbocycles. The topological polar surface area (TPSA) is 29.5 Å². The van der Waals surface area contributed by atoms with Gasteiger partial charge in [0.1, 0.15) is 11.4 Å². The molecule has 0 aliphatic heterocycles. The Labute approximate surface area is 125 Å². The average Bonchev–Trinajstić information content (AvgIpc) is 2.40. The fourth-order valence-corrected chi connectivity index (χ4v) is 2.67. The third-order valence-corrected chi connectivity index (χ3v) is 3.89. The lowest BCUT2D eigenvalue weighted by atomic mass is 9.84. The van der Waals surface area contributed by atoms with Crippen LogP contribution in [-0.2, 0) is 5.60 Å². The van der Waals surface area contributed by atoms with Crippen LogP contribution in [0.2, 0.25) is 5.02 Å². The summed E-state index contributed by atoms with van der Waals surface area (Å²) in [5.41, 5.74) is 2.52. The minimum atomic E-state index is -1.09. The van der Waals surface area contributed by atoms with Crippen molar-refractivity contribution in [2.75, 3.05) is 7.11 Å². The number of rotatable bonds is 3. The number of hydrogen-bond acceptors (Lipinski definition) is 2. The minimum Gasteiger partial charge on any atom is -0.496 e. The SMILES string of the molecule is COc1cc(C)c(C(C)(O)c2cccc(Cl)c2)cc1C. The Morgan fingerprint density at radius 3 is 2.40 bits per heavy atom. The van der Waals surface area contributed by atoms with E-state index in [4.69, 9.17) is 16.3 Å². The maximum Gasteiger partial charge on any atom is 0.122 e. The summed E-state index contributed by atoms with van der Waals surface area (Å²) in [7, 11) is 1.65. The van der Waals surface area contributed by atoms with Gasteiger partial charge in [-0.15, -0.1) is 0 Å². The van der Waals surface area contributed by atoms with Gasteiger partial charge in [0, 0.05) is 5.02 Å². The zero-order chi connectivity index (χ0) is 14.9. The first-order chi connectivity index (χ1) is 9.36. The molecule has 0 aromatic heterocycles. The second-order valence-corrected chi connectivity index (χ2v) is 5.66. The van der Waals surface area contributed by atoms with Crippen molar-refractivity contribution in [2.24, 2.45) is 0 Å². The first-order valence-corrected chi connectivity index (χ1v) is 6.88. The second kappa shape index (κ2) is 5.47. The molecule has 1 N–H and O–H groups in total. The molecular formula is C17H19ClO2. The summed E-state index contributed by atoms with van der Waals surface area (Å²) in [6.45, 7) is 5.72. The molecule has 0 amide bonds. The first kappa shape index (κ1) is 14.9. The predicted octanol–water partition coefficient (Wildman–Crippen LogP) is 4.22. The van der Waals surface area contributed by atoms with Crippen molar-refractivity contribution in [2.45, 2.75) is 26.4 Å². The Hall–Kier alpha value is -1.51. The lowest BCUT2D eigenvalue weighted by molar-refractivity contribution is 0.101. The van der Waals surface area contributed by atoms with E-state index in [0.717, 1.165) is 28.0 Å². The molecule has 0 radical (unpaired) electrons. The number of benzene rings is 2. The van der Waals surface area contributed by atoms with Crippen LogP contribution in [-0.4, -0.2) is 12.2 Å². The molecule has 2 aromatic rings. The van der Waals surface area contributed by atoms with Gasteiger partial charge in [-0.3, -0.25) is 0 Å². The molecule has 2 rings (SSSR count). The number of aryl methyl sites for hydroxylation is 2. The number of ether oxygens (including phenoxy) is 1. The number of aliphatic hydroxyl groups is 1. The molecule has 2 aromatic carbocycles. The van der Waals surface area contributed by atoms with Gasteiger partial charge >= 0.3 is 0 Å². The Bertz CT molecular complexity index is 633. The molecule has 0 bridgehead atoms. The Morgan fingerprint density at radius 1 is 1.10 bits per heavy atom. The summed E-state index contributed by atoms with van der Waals surface area (Å²) in [5.74, 6) is 0.827. The lowest BCUT2D eigenvalue weighted by Gasteiger charge is -2.27. The Kier molecular flexibility index (Phi) is 4.07. The first-order valence-electron chi connectivity index (χ1n) is 6.50. The van der Waals surface area contributed by atoms with Crippen LogP contribution in [0.15, 0.2) is 36.4 Å². The van der Waals surface area contributed by atoms with Gasteiger partial charge in [0.2, 0.25) is 0 Å². The number of halogens is 1. The van der Waals surface area contributed by atoms with E-state index in [0.29, 0.717) is 5.02 Å². The zero-order valence-corrected chi connectivity index (χ0v) is 13.0. The summed E-state index contributed by atoms with van der Waals surface area (Å²) in [4.78, 5) is 0. The molecule has 1 atom stereocenters. The van der Waals surface area contributed by atoms with Gasteiger partial charge in [-0.1, -0.05) is 23.7 Å². The summed E-state index contributed by atoms with van der Waals surface area (Å²) >= 11 is 6.03. The van der Waals surface area contributed by atoms with Gasteiger partial charge in [0.05, 0.1) is 7.11 Å². The van der Waals surface area contributed by atoms with Crippen LogP contribution in [0.4, 0.5) is 0 Å². The fourth-order valence-electron chi connectivity index (χ4n) is 2.48. The van der Waals surface area contributed by atoms with Crippen molar-refractivity contribution in [1.82, 2.24) is 0 Å². The van der Waals surface area contributed by atoms with Gasteiger partial charge in [0.15, 0.2) is 0 Å². The van der Waals surface area contributed by atoms with Gasteiger partial charge < -0.3 is 9.84 Å². The van der Waals surface area contributed by atoms with Gasteiger partial charge in [0.25, 0.3) is 0 Å². The second-order valence-electron chi connectivity index (χ2n) is 5.22. The highest BCUT2D eigenvalue weighted by atomic mass is 35.5. The van der Waals surface area contributed by atoms with Crippen LogP contribution in [0, 0.1) is 13.8 Å². The molecule has 0 fully saturated rings. The molecule has 0 aliphatic carbocycles. The number of methoxy groups -OCH3 is 1. The highest BCUT2D eigenvalue weighted by Gasteiger charge is 2.28. The summed E-state index contributed by atoms with van der Waals surface area (Å²) < 4.78 is 5.32. The van der Waals surface area contributed by atoms with E-state index >= 15 is 0 Å². The van der Waals surface area contributed by atoms with E-state index in [9.17, 15) is 5.11 Å². The molecular weight excluding hydrogens is 272 g/mol. The van der Waals surface area contributed by atoms with Crippen molar-refractivity contribution < 1.29 is 9.84 Å². The van der Waals surface area contributed by atoms with Crippen LogP contribution in [0.1, 0.15) is 29.2 Å². The van der Waals surface area contributed by atoms with Crippen LogP contribution in [0.5, 0.6) is 5.75 Å². The summed E-state index contributed by atoms with van der Waals surface area (Å²) in [6.07, 6.45) is 0. The number of hydrogen-bond donors (Lipinski definition) is 1. The molecule has 0 aliphatic rings. The smallest absolute Gasteiger partial charge is 0.122 e. The fraction of sp³-hybridized carbons (Fsp3) is 0.294. The highest BCUT2D eigenvalue weighted by Crippen LogP contribution is 2.35. The maximum absolute atomic E-state index is 11.0. The van der Waals surface area contributed by atoms with Crippen LogP contribution >= 0.6 is 11.6 Å². The van der Waals surface area contributed by atoms with Crippen LogP contribution < -0.4 is 4.74 Å². The van der Waals surface area contributed by atoms with Crippen LogP contribution in [0.3, 0.4) is 0 Å². The van der Waals surface area contributed by atoms with E-state index in [1.54, 1.807) is 26.2 Å². The Morgan fingerprint density at radius 2 is 1.80 bits per heavy atom. The van der Waals surface area contributed by atoms with E-state index in [2.05, 4.69) is 0 Å². The van der Waals surface area contributed by atoms with Crippen molar-refractivity contribution in [3.63, 3.8) is 0 Å². The minimum absolute atomic E-state index is 0.616. The third-order valence-electron chi connectivity index (χ3n) is 3.65. The predicted molar refractivity (Wildman–Crippen MR) is 82.6 cm³/mol. The molecule has 20 heavy (non-hydrogen) atoms. The van der Waals surface area contributed by atoms with Crippen molar-refractivity contribution in [3.8, 4) is 5.75 Å². The van der Waals surface area contributed by atoms with Crippen molar-refractivity contribution >= 4 is 11.6 Å². The monoisotopic (exact) mass is 290 g/mol. The van der Waals surface area contributed by atoms with Gasteiger partial charge in [-0.25, -0.2) is 0 Å². The quantitative estimate of drug-likeness (QED) is 0.917. The maximum atomic E-state index is 11.0. The normalized spacial score (nSPS) is 13.9. The van der Waals surface area contributed by atoms with E-state index in [-0.39, 0.29) is 0 Å². The summed E-state index contributed by atoms with van der Waals surface area (Å²) in [5, 5.41) is 11.6. The summed E-state index contributed by atoms with van der Waals surface area (Å²) in [6, 6.07) is 11.2. The Balaban J connectivity index is 2.57. The molecule has 0 heterocycles.